The van der Waals surface area contributed by atoms with Crippen LogP contribution < -0.4 is 5.32 Å². The number of anilines is 1. The van der Waals surface area contributed by atoms with Crippen LogP contribution in [0.1, 0.15) is 31.2 Å². The van der Waals surface area contributed by atoms with E-state index in [4.69, 9.17) is 5.11 Å². The maximum Gasteiger partial charge on any atom is 0.346 e. The zero-order chi connectivity index (χ0) is 14.0. The van der Waals surface area contributed by atoms with Gasteiger partial charge in [0.1, 0.15) is 4.88 Å². The highest BCUT2D eigenvalue weighted by atomic mass is 32.1. The van der Waals surface area contributed by atoms with Crippen LogP contribution in [0.3, 0.4) is 0 Å². The van der Waals surface area contributed by atoms with Crippen molar-refractivity contribution in [2.45, 2.75) is 13.8 Å². The number of rotatable bonds is 3. The standard InChI is InChI=1S/C13H12N2O3S/c1-7-3-9(6-14-5-7)12(16)15-10-4-8(2)11(19-10)13(17)18/h3-6H,1-2H3,(H,15,16)(H,17,18). The molecule has 2 aromatic rings. The second-order valence-corrected chi connectivity index (χ2v) is 5.19. The number of nitrogens with zero attached hydrogens (tertiary/aromatic N) is 1. The van der Waals surface area contributed by atoms with Gasteiger partial charge in [-0.05, 0) is 37.1 Å². The van der Waals surface area contributed by atoms with E-state index in [0.29, 0.717) is 16.1 Å². The number of thiophene rings is 1. The number of nitrogens with one attached hydrogen (secondary N) is 1. The molecule has 0 aromatic carbocycles. The summed E-state index contributed by atoms with van der Waals surface area (Å²) in [6, 6.07) is 3.37. The van der Waals surface area contributed by atoms with Crippen LogP contribution >= 0.6 is 11.3 Å². The lowest BCUT2D eigenvalue weighted by Crippen LogP contribution is -2.11. The molecule has 2 N–H and O–H groups in total. The van der Waals surface area contributed by atoms with Crippen molar-refractivity contribution in [2.75, 3.05) is 5.32 Å². The molecule has 0 aliphatic rings. The Kier molecular flexibility index (Phi) is 3.62. The molecule has 5 nitrogen and oxygen atoms in total. The molecule has 98 valence electrons. The molecule has 0 radical (unpaired) electrons. The summed E-state index contributed by atoms with van der Waals surface area (Å²) in [5, 5.41) is 12.1. The maximum absolute atomic E-state index is 12.0. The largest absolute Gasteiger partial charge is 0.477 e. The van der Waals surface area contributed by atoms with E-state index in [0.717, 1.165) is 16.9 Å². The van der Waals surface area contributed by atoms with Crippen LogP contribution in [0.5, 0.6) is 0 Å². The maximum atomic E-state index is 12.0. The van der Waals surface area contributed by atoms with Gasteiger partial charge in [-0.1, -0.05) is 0 Å². The van der Waals surface area contributed by atoms with Gasteiger partial charge in [-0.15, -0.1) is 11.3 Å². The van der Waals surface area contributed by atoms with E-state index in [9.17, 15) is 9.59 Å². The van der Waals surface area contributed by atoms with Gasteiger partial charge in [-0.2, -0.15) is 0 Å². The minimum atomic E-state index is -0.986. The summed E-state index contributed by atoms with van der Waals surface area (Å²) in [5.41, 5.74) is 1.97. The minimum absolute atomic E-state index is 0.234. The van der Waals surface area contributed by atoms with E-state index in [1.165, 1.54) is 6.20 Å². The number of aryl methyl sites for hydroxylation is 2. The van der Waals surface area contributed by atoms with Gasteiger partial charge in [0.15, 0.2) is 0 Å². The van der Waals surface area contributed by atoms with Crippen LogP contribution in [0.15, 0.2) is 24.5 Å². The molecule has 0 spiro atoms. The summed E-state index contributed by atoms with van der Waals surface area (Å²) in [6.45, 7) is 3.55. The first-order valence-electron chi connectivity index (χ1n) is 5.54. The van der Waals surface area contributed by atoms with Gasteiger partial charge in [0, 0.05) is 12.4 Å². The van der Waals surface area contributed by atoms with Gasteiger partial charge in [0.05, 0.1) is 10.6 Å². The van der Waals surface area contributed by atoms with E-state index in [1.807, 2.05) is 6.92 Å². The Bertz CT molecular complexity index is 649. The van der Waals surface area contributed by atoms with Crippen LogP contribution in [-0.2, 0) is 0 Å². The Balaban J connectivity index is 2.20. The molecule has 2 heterocycles. The minimum Gasteiger partial charge on any atom is -0.477 e. The predicted molar refractivity (Wildman–Crippen MR) is 72.9 cm³/mol. The van der Waals surface area contributed by atoms with Crippen molar-refractivity contribution < 1.29 is 14.7 Å². The summed E-state index contributed by atoms with van der Waals surface area (Å²) in [7, 11) is 0. The van der Waals surface area contributed by atoms with E-state index in [2.05, 4.69) is 10.3 Å². The van der Waals surface area contributed by atoms with Crippen molar-refractivity contribution in [1.29, 1.82) is 0 Å². The fourth-order valence-electron chi connectivity index (χ4n) is 1.62. The SMILES string of the molecule is Cc1cncc(C(=O)Nc2cc(C)c(C(=O)O)s2)c1. The second kappa shape index (κ2) is 5.19. The third kappa shape index (κ3) is 2.97. The molecule has 0 saturated carbocycles. The Morgan fingerprint density at radius 2 is 2.00 bits per heavy atom. The van der Waals surface area contributed by atoms with Crippen molar-refractivity contribution in [3.63, 3.8) is 0 Å². The molecular formula is C13H12N2O3S. The van der Waals surface area contributed by atoms with E-state index in [-0.39, 0.29) is 10.8 Å². The fraction of sp³-hybridized carbons (Fsp3) is 0.154. The van der Waals surface area contributed by atoms with E-state index >= 15 is 0 Å². The molecule has 1 amide bonds. The quantitative estimate of drug-likeness (QED) is 0.903. The highest BCUT2D eigenvalue weighted by molar-refractivity contribution is 7.18. The second-order valence-electron chi connectivity index (χ2n) is 4.13. The number of carbonyl (C=O) groups excluding carboxylic acids is 1. The van der Waals surface area contributed by atoms with Gasteiger partial charge >= 0.3 is 5.97 Å². The molecule has 2 rings (SSSR count). The van der Waals surface area contributed by atoms with Crippen molar-refractivity contribution in [1.82, 2.24) is 4.98 Å². The molecule has 0 aliphatic heterocycles. The third-order valence-corrected chi connectivity index (χ3v) is 3.63. The first kappa shape index (κ1) is 13.2. The zero-order valence-electron chi connectivity index (χ0n) is 10.4. The molecule has 0 bridgehead atoms. The topological polar surface area (TPSA) is 79.3 Å². The highest BCUT2D eigenvalue weighted by Gasteiger charge is 2.14. The summed E-state index contributed by atoms with van der Waals surface area (Å²) < 4.78 is 0. The molecule has 0 atom stereocenters. The van der Waals surface area contributed by atoms with Gasteiger partial charge in [0.2, 0.25) is 0 Å². The lowest BCUT2D eigenvalue weighted by atomic mass is 10.2. The molecular weight excluding hydrogens is 264 g/mol. The molecule has 0 aliphatic carbocycles. The van der Waals surface area contributed by atoms with Crippen LogP contribution in [0, 0.1) is 13.8 Å². The Morgan fingerprint density at radius 1 is 1.26 bits per heavy atom. The highest BCUT2D eigenvalue weighted by Crippen LogP contribution is 2.26. The predicted octanol–water partition coefficient (Wildman–Crippen LogP) is 2.71. The smallest absolute Gasteiger partial charge is 0.346 e. The van der Waals surface area contributed by atoms with Crippen molar-refractivity contribution in [2.24, 2.45) is 0 Å². The summed E-state index contributed by atoms with van der Waals surface area (Å²) in [6.07, 6.45) is 3.13. The van der Waals surface area contributed by atoms with Crippen LogP contribution in [0.4, 0.5) is 5.00 Å². The van der Waals surface area contributed by atoms with Gasteiger partial charge < -0.3 is 10.4 Å². The average Bonchev–Trinajstić information content (AvgIpc) is 2.70. The Labute approximate surface area is 113 Å². The number of carboxylic acids is 1. The van der Waals surface area contributed by atoms with E-state index < -0.39 is 5.97 Å². The lowest BCUT2D eigenvalue weighted by molar-refractivity contribution is 0.0701. The number of hydrogen-bond acceptors (Lipinski definition) is 4. The number of aromatic nitrogens is 1. The van der Waals surface area contributed by atoms with E-state index in [1.54, 1.807) is 25.3 Å². The zero-order valence-corrected chi connectivity index (χ0v) is 11.2. The van der Waals surface area contributed by atoms with Gasteiger partial charge in [0.25, 0.3) is 5.91 Å². The fourth-order valence-corrected chi connectivity index (χ4v) is 2.53. The molecule has 0 saturated heterocycles. The number of carbonyl (C=O) groups is 2. The van der Waals surface area contributed by atoms with Gasteiger partial charge in [-0.3, -0.25) is 9.78 Å². The monoisotopic (exact) mass is 276 g/mol. The molecule has 19 heavy (non-hydrogen) atoms. The summed E-state index contributed by atoms with van der Waals surface area (Å²) in [5.74, 6) is -1.28. The summed E-state index contributed by atoms with van der Waals surface area (Å²) >= 11 is 1.04. The van der Waals surface area contributed by atoms with Gasteiger partial charge in [-0.25, -0.2) is 4.79 Å². The lowest BCUT2D eigenvalue weighted by Gasteiger charge is -2.02. The number of hydrogen-bond donors (Lipinski definition) is 2. The Morgan fingerprint density at radius 3 is 2.58 bits per heavy atom. The summed E-state index contributed by atoms with van der Waals surface area (Å²) in [4.78, 5) is 27.1. The van der Waals surface area contributed by atoms with Crippen LogP contribution in [0.25, 0.3) is 0 Å². The van der Waals surface area contributed by atoms with Crippen LogP contribution in [0.2, 0.25) is 0 Å². The van der Waals surface area contributed by atoms with Crippen molar-refractivity contribution >= 4 is 28.2 Å². The first-order chi connectivity index (χ1) is 8.97. The number of pyridine rings is 1. The number of amides is 1. The normalized spacial score (nSPS) is 10.2. The van der Waals surface area contributed by atoms with Crippen molar-refractivity contribution in [3.05, 3.63) is 46.1 Å². The first-order valence-corrected chi connectivity index (χ1v) is 6.36. The average molecular weight is 276 g/mol. The molecule has 6 heteroatoms. The molecule has 0 unspecified atom stereocenters. The third-order valence-electron chi connectivity index (χ3n) is 2.49. The van der Waals surface area contributed by atoms with Crippen molar-refractivity contribution in [3.8, 4) is 0 Å². The Hall–Kier alpha value is -2.21. The van der Waals surface area contributed by atoms with Crippen LogP contribution in [-0.4, -0.2) is 22.0 Å². The molecule has 2 aromatic heterocycles. The number of carboxylic acid groups (broad SMARTS) is 1. The molecule has 0 fully saturated rings. The number of aromatic carboxylic acids is 1.